The molecule has 1 amide bonds. The molecule has 0 aliphatic carbocycles. The third-order valence-electron chi connectivity index (χ3n) is 3.92. The Balaban J connectivity index is 1.79. The van der Waals surface area contributed by atoms with Gasteiger partial charge in [0, 0.05) is 19.6 Å². The van der Waals surface area contributed by atoms with Crippen LogP contribution in [0.1, 0.15) is 17.5 Å². The molecule has 0 radical (unpaired) electrons. The van der Waals surface area contributed by atoms with Crippen LogP contribution < -0.4 is 5.32 Å². The summed E-state index contributed by atoms with van der Waals surface area (Å²) in [6.07, 6.45) is 0.887. The first-order chi connectivity index (χ1) is 10.3. The number of nitrogens with zero attached hydrogens (tertiary/aromatic N) is 1. The van der Waals surface area contributed by atoms with E-state index >= 15 is 0 Å². The number of carbonyl (C=O) groups is 1. The van der Waals surface area contributed by atoms with E-state index in [-0.39, 0.29) is 11.9 Å². The fourth-order valence-electron chi connectivity index (χ4n) is 2.84. The topological polar surface area (TPSA) is 32.3 Å². The lowest BCUT2D eigenvalue weighted by atomic mass is 10.1. The number of carbonyl (C=O) groups excluding carboxylic acids is 1. The van der Waals surface area contributed by atoms with E-state index in [9.17, 15) is 4.79 Å². The number of hydrogen-bond acceptors (Lipinski definition) is 2. The maximum Gasteiger partial charge on any atom is 0.237 e. The Morgan fingerprint density at radius 1 is 0.905 bits per heavy atom. The molecule has 1 N–H and O–H groups in total. The SMILES string of the molecule is O=C1NCC[C@H]1N(Cc1ccccc1)Cc1ccccc1. The van der Waals surface area contributed by atoms with Crippen molar-refractivity contribution in [1.29, 1.82) is 0 Å². The van der Waals surface area contributed by atoms with Gasteiger partial charge < -0.3 is 5.32 Å². The fraction of sp³-hybridized carbons (Fsp3) is 0.278. The summed E-state index contributed by atoms with van der Waals surface area (Å²) in [5.74, 6) is 0.155. The van der Waals surface area contributed by atoms with E-state index in [2.05, 4.69) is 34.5 Å². The van der Waals surface area contributed by atoms with Crippen molar-refractivity contribution < 1.29 is 4.79 Å². The van der Waals surface area contributed by atoms with Gasteiger partial charge in [0.25, 0.3) is 0 Å². The van der Waals surface area contributed by atoms with Crippen LogP contribution in [0.4, 0.5) is 0 Å². The van der Waals surface area contributed by atoms with Gasteiger partial charge in [-0.15, -0.1) is 0 Å². The summed E-state index contributed by atoms with van der Waals surface area (Å²) in [5, 5.41) is 2.94. The Hall–Kier alpha value is -2.13. The summed E-state index contributed by atoms with van der Waals surface area (Å²) in [6.45, 7) is 2.38. The summed E-state index contributed by atoms with van der Waals surface area (Å²) in [5.41, 5.74) is 2.49. The van der Waals surface area contributed by atoms with Crippen LogP contribution in [0, 0.1) is 0 Å². The molecule has 1 aliphatic heterocycles. The molecule has 3 rings (SSSR count). The van der Waals surface area contributed by atoms with Gasteiger partial charge >= 0.3 is 0 Å². The lowest BCUT2D eigenvalue weighted by Crippen LogP contribution is -2.39. The van der Waals surface area contributed by atoms with Crippen molar-refractivity contribution >= 4 is 5.91 Å². The molecule has 108 valence electrons. The van der Waals surface area contributed by atoms with E-state index in [0.29, 0.717) is 0 Å². The minimum Gasteiger partial charge on any atom is -0.355 e. The largest absolute Gasteiger partial charge is 0.355 e. The maximum atomic E-state index is 12.0. The average Bonchev–Trinajstić information content (AvgIpc) is 2.95. The number of benzene rings is 2. The van der Waals surface area contributed by atoms with Crippen LogP contribution in [0.25, 0.3) is 0 Å². The van der Waals surface area contributed by atoms with Crippen LogP contribution in [-0.2, 0) is 17.9 Å². The first-order valence-electron chi connectivity index (χ1n) is 7.42. The summed E-state index contributed by atoms with van der Waals surface area (Å²) >= 11 is 0. The molecule has 1 saturated heterocycles. The molecule has 3 heteroatoms. The normalized spacial score (nSPS) is 18.0. The Labute approximate surface area is 125 Å². The van der Waals surface area contributed by atoms with Gasteiger partial charge in [-0.3, -0.25) is 9.69 Å². The molecule has 0 spiro atoms. The second kappa shape index (κ2) is 6.55. The Morgan fingerprint density at radius 3 is 1.86 bits per heavy atom. The highest BCUT2D eigenvalue weighted by Crippen LogP contribution is 2.17. The van der Waals surface area contributed by atoms with E-state index in [1.807, 2.05) is 36.4 Å². The van der Waals surface area contributed by atoms with Gasteiger partial charge in [0.1, 0.15) is 0 Å². The zero-order valence-electron chi connectivity index (χ0n) is 12.0. The first kappa shape index (κ1) is 13.8. The highest BCUT2D eigenvalue weighted by Gasteiger charge is 2.30. The molecule has 2 aromatic carbocycles. The molecule has 21 heavy (non-hydrogen) atoms. The Morgan fingerprint density at radius 2 is 1.43 bits per heavy atom. The molecule has 0 unspecified atom stereocenters. The predicted octanol–water partition coefficient (Wildman–Crippen LogP) is 2.58. The van der Waals surface area contributed by atoms with Crippen LogP contribution in [0.3, 0.4) is 0 Å². The molecular formula is C18H20N2O. The molecular weight excluding hydrogens is 260 g/mol. The molecule has 0 saturated carbocycles. The lowest BCUT2D eigenvalue weighted by Gasteiger charge is -2.27. The summed E-state index contributed by atoms with van der Waals surface area (Å²) < 4.78 is 0. The van der Waals surface area contributed by atoms with Crippen molar-refractivity contribution in [2.24, 2.45) is 0 Å². The van der Waals surface area contributed by atoms with Crippen LogP contribution in [-0.4, -0.2) is 23.4 Å². The van der Waals surface area contributed by atoms with E-state index in [0.717, 1.165) is 26.1 Å². The number of amides is 1. The highest BCUT2D eigenvalue weighted by molar-refractivity contribution is 5.83. The zero-order chi connectivity index (χ0) is 14.5. The number of rotatable bonds is 5. The van der Waals surface area contributed by atoms with Crippen molar-refractivity contribution in [1.82, 2.24) is 10.2 Å². The summed E-state index contributed by atoms with van der Waals surface area (Å²) in [7, 11) is 0. The fourth-order valence-corrected chi connectivity index (χ4v) is 2.84. The predicted molar refractivity (Wildman–Crippen MR) is 83.5 cm³/mol. The van der Waals surface area contributed by atoms with Gasteiger partial charge in [-0.1, -0.05) is 60.7 Å². The molecule has 1 aliphatic rings. The van der Waals surface area contributed by atoms with Crippen molar-refractivity contribution in [2.75, 3.05) is 6.54 Å². The monoisotopic (exact) mass is 280 g/mol. The second-order valence-electron chi connectivity index (χ2n) is 5.47. The first-order valence-corrected chi connectivity index (χ1v) is 7.42. The molecule has 0 bridgehead atoms. The minimum atomic E-state index is -0.0228. The highest BCUT2D eigenvalue weighted by atomic mass is 16.2. The minimum absolute atomic E-state index is 0.0228. The maximum absolute atomic E-state index is 12.0. The van der Waals surface area contributed by atoms with Crippen LogP contribution in [0.5, 0.6) is 0 Å². The third-order valence-corrected chi connectivity index (χ3v) is 3.92. The third kappa shape index (κ3) is 3.50. The van der Waals surface area contributed by atoms with Gasteiger partial charge in [0.2, 0.25) is 5.91 Å². The molecule has 3 nitrogen and oxygen atoms in total. The van der Waals surface area contributed by atoms with Gasteiger partial charge in [-0.05, 0) is 17.5 Å². The van der Waals surface area contributed by atoms with Crippen molar-refractivity contribution in [2.45, 2.75) is 25.6 Å². The van der Waals surface area contributed by atoms with Crippen molar-refractivity contribution in [3.8, 4) is 0 Å². The van der Waals surface area contributed by atoms with Crippen LogP contribution >= 0.6 is 0 Å². The van der Waals surface area contributed by atoms with E-state index < -0.39 is 0 Å². The Bertz CT molecular complexity index is 541. The smallest absolute Gasteiger partial charge is 0.237 e. The molecule has 1 atom stereocenters. The lowest BCUT2D eigenvalue weighted by molar-refractivity contribution is -0.124. The second-order valence-corrected chi connectivity index (χ2v) is 5.47. The van der Waals surface area contributed by atoms with Gasteiger partial charge in [0.05, 0.1) is 6.04 Å². The number of hydrogen-bond donors (Lipinski definition) is 1. The summed E-state index contributed by atoms with van der Waals surface area (Å²) in [6, 6.07) is 20.7. The van der Waals surface area contributed by atoms with Gasteiger partial charge in [-0.25, -0.2) is 0 Å². The molecule has 0 aromatic heterocycles. The average molecular weight is 280 g/mol. The summed E-state index contributed by atoms with van der Waals surface area (Å²) in [4.78, 5) is 14.3. The van der Waals surface area contributed by atoms with Crippen molar-refractivity contribution in [3.05, 3.63) is 71.8 Å². The zero-order valence-corrected chi connectivity index (χ0v) is 12.0. The van der Waals surface area contributed by atoms with E-state index in [1.54, 1.807) is 0 Å². The quantitative estimate of drug-likeness (QED) is 0.913. The molecule has 1 fully saturated rings. The van der Waals surface area contributed by atoms with E-state index in [1.165, 1.54) is 11.1 Å². The van der Waals surface area contributed by atoms with Crippen molar-refractivity contribution in [3.63, 3.8) is 0 Å². The van der Waals surface area contributed by atoms with Crippen LogP contribution in [0.2, 0.25) is 0 Å². The molecule has 1 heterocycles. The Kier molecular flexibility index (Phi) is 4.31. The number of nitrogens with one attached hydrogen (secondary N) is 1. The van der Waals surface area contributed by atoms with Crippen LogP contribution in [0.15, 0.2) is 60.7 Å². The standard InChI is InChI=1S/C18H20N2O/c21-18-17(11-12-19-18)20(13-15-7-3-1-4-8-15)14-16-9-5-2-6-10-16/h1-10,17H,11-14H2,(H,19,21)/t17-/m1/s1. The molecule has 2 aromatic rings. The van der Waals surface area contributed by atoms with E-state index in [4.69, 9.17) is 0 Å². The van der Waals surface area contributed by atoms with Gasteiger partial charge in [-0.2, -0.15) is 0 Å². The van der Waals surface area contributed by atoms with Gasteiger partial charge in [0.15, 0.2) is 0 Å².